The van der Waals surface area contributed by atoms with E-state index in [1.165, 1.54) is 19.1 Å². The molecule has 6 heteroatoms. The monoisotopic (exact) mass is 406 g/mol. The molecule has 1 aromatic heterocycles. The molecule has 0 unspecified atom stereocenters. The molecular formula is C19H17BrF2N2O. The van der Waals surface area contributed by atoms with Crippen LogP contribution in [0.3, 0.4) is 0 Å². The number of halogens is 3. The first kappa shape index (κ1) is 17.6. The average Bonchev–Trinajstić information content (AvgIpc) is 3.03. The lowest BCUT2D eigenvalue weighted by molar-refractivity contribution is -0.00828. The van der Waals surface area contributed by atoms with E-state index in [2.05, 4.69) is 21.0 Å². The van der Waals surface area contributed by atoms with Gasteiger partial charge < -0.3 is 4.74 Å². The van der Waals surface area contributed by atoms with Crippen LogP contribution in [0.4, 0.5) is 8.78 Å². The number of alkyl halides is 2. The summed E-state index contributed by atoms with van der Waals surface area (Å²) in [4.78, 5) is 0. The molecule has 2 aromatic carbocycles. The van der Waals surface area contributed by atoms with Crippen molar-refractivity contribution in [3.63, 3.8) is 0 Å². The third-order valence-corrected chi connectivity index (χ3v) is 4.65. The van der Waals surface area contributed by atoms with E-state index in [-0.39, 0.29) is 12.0 Å². The van der Waals surface area contributed by atoms with Gasteiger partial charge in [0.15, 0.2) is 0 Å². The summed E-state index contributed by atoms with van der Waals surface area (Å²) >= 11 is 3.51. The van der Waals surface area contributed by atoms with Crippen molar-refractivity contribution >= 4 is 15.9 Å². The Labute approximate surface area is 153 Å². The van der Waals surface area contributed by atoms with Crippen LogP contribution in [-0.2, 0) is 5.92 Å². The fourth-order valence-electron chi connectivity index (χ4n) is 2.58. The van der Waals surface area contributed by atoms with Gasteiger partial charge in [-0.1, -0.05) is 19.1 Å². The number of rotatable bonds is 5. The molecular weight excluding hydrogens is 390 g/mol. The summed E-state index contributed by atoms with van der Waals surface area (Å²) in [6.45, 7) is 1.47. The Morgan fingerprint density at radius 1 is 1.08 bits per heavy atom. The number of ether oxygens (including phenoxy) is 1. The highest BCUT2D eigenvalue weighted by Crippen LogP contribution is 2.34. The van der Waals surface area contributed by atoms with Crippen LogP contribution in [0, 0.1) is 0 Å². The lowest BCUT2D eigenvalue weighted by Crippen LogP contribution is -2.11. The zero-order chi connectivity index (χ0) is 18.0. The van der Waals surface area contributed by atoms with E-state index in [0.29, 0.717) is 5.69 Å². The molecule has 130 valence electrons. The van der Waals surface area contributed by atoms with E-state index in [0.717, 1.165) is 21.5 Å². The van der Waals surface area contributed by atoms with Crippen molar-refractivity contribution in [1.82, 2.24) is 9.78 Å². The van der Waals surface area contributed by atoms with Gasteiger partial charge in [0.25, 0.3) is 5.92 Å². The van der Waals surface area contributed by atoms with E-state index in [4.69, 9.17) is 4.74 Å². The van der Waals surface area contributed by atoms with Gasteiger partial charge >= 0.3 is 0 Å². The first-order chi connectivity index (χ1) is 12.0. The molecule has 3 nitrogen and oxygen atoms in total. The average molecular weight is 407 g/mol. The van der Waals surface area contributed by atoms with Crippen LogP contribution in [0.2, 0.25) is 0 Å². The summed E-state index contributed by atoms with van der Waals surface area (Å²) in [6.07, 6.45) is 1.46. The van der Waals surface area contributed by atoms with E-state index in [1.807, 2.05) is 24.3 Å². The predicted octanol–water partition coefficient (Wildman–Crippen LogP) is 5.81. The predicted molar refractivity (Wildman–Crippen MR) is 97.4 cm³/mol. The van der Waals surface area contributed by atoms with Crippen molar-refractivity contribution in [1.29, 1.82) is 0 Å². The number of nitrogens with zero attached hydrogens (tertiary/aromatic N) is 2. The van der Waals surface area contributed by atoms with Crippen LogP contribution < -0.4 is 4.74 Å². The number of benzene rings is 2. The molecule has 1 heterocycles. The van der Waals surface area contributed by atoms with Gasteiger partial charge in [0, 0.05) is 17.5 Å². The Kier molecular flexibility index (Phi) is 4.90. The summed E-state index contributed by atoms with van der Waals surface area (Å²) < 4.78 is 35.3. The van der Waals surface area contributed by atoms with Gasteiger partial charge in [-0.25, -0.2) is 13.5 Å². The van der Waals surface area contributed by atoms with Crippen LogP contribution in [0.1, 0.15) is 18.9 Å². The second kappa shape index (κ2) is 6.96. The van der Waals surface area contributed by atoms with Crippen LogP contribution >= 0.6 is 15.9 Å². The molecule has 25 heavy (non-hydrogen) atoms. The molecule has 0 fully saturated rings. The minimum atomic E-state index is -2.82. The lowest BCUT2D eigenvalue weighted by atomic mass is 10.1. The van der Waals surface area contributed by atoms with Crippen molar-refractivity contribution in [2.75, 3.05) is 7.11 Å². The SMILES string of the molecule is CCC(F)(F)c1ccc(-n2ncc(Br)c2-c2ccc(OC)cc2)cc1. The second-order valence-electron chi connectivity index (χ2n) is 5.59. The molecule has 0 N–H and O–H groups in total. The summed E-state index contributed by atoms with van der Waals surface area (Å²) in [7, 11) is 1.61. The maximum atomic E-state index is 13.8. The first-order valence-corrected chi connectivity index (χ1v) is 8.62. The second-order valence-corrected chi connectivity index (χ2v) is 6.44. The maximum Gasteiger partial charge on any atom is 0.273 e. The summed E-state index contributed by atoms with van der Waals surface area (Å²) in [5.74, 6) is -2.06. The lowest BCUT2D eigenvalue weighted by Gasteiger charge is -2.15. The summed E-state index contributed by atoms with van der Waals surface area (Å²) in [5, 5.41) is 4.37. The largest absolute Gasteiger partial charge is 0.497 e. The van der Waals surface area contributed by atoms with E-state index < -0.39 is 5.92 Å². The summed E-state index contributed by atoms with van der Waals surface area (Å²) in [5.41, 5.74) is 2.51. The molecule has 3 rings (SSSR count). The highest BCUT2D eigenvalue weighted by Gasteiger charge is 2.28. The fourth-order valence-corrected chi connectivity index (χ4v) is 3.07. The van der Waals surface area contributed by atoms with Crippen LogP contribution in [0.5, 0.6) is 5.75 Å². The number of aromatic nitrogens is 2. The molecule has 0 saturated heterocycles. The normalized spacial score (nSPS) is 11.6. The molecule has 0 radical (unpaired) electrons. The van der Waals surface area contributed by atoms with Crippen molar-refractivity contribution in [3.05, 3.63) is 64.8 Å². The molecule has 0 aliphatic heterocycles. The molecule has 0 saturated carbocycles. The molecule has 0 atom stereocenters. The smallest absolute Gasteiger partial charge is 0.273 e. The number of hydrogen-bond acceptors (Lipinski definition) is 2. The van der Waals surface area contributed by atoms with E-state index >= 15 is 0 Å². The Bertz CT molecular complexity index is 858. The Balaban J connectivity index is 2.01. The standard InChI is InChI=1S/C19H17BrF2N2O/c1-3-19(21,22)14-6-8-15(9-7-14)24-18(17(20)12-23-24)13-4-10-16(25-2)11-5-13/h4-12H,3H2,1-2H3. The quantitative estimate of drug-likeness (QED) is 0.534. The van der Waals surface area contributed by atoms with Crippen molar-refractivity contribution in [2.24, 2.45) is 0 Å². The molecule has 3 aromatic rings. The van der Waals surface area contributed by atoms with Crippen LogP contribution in [0.25, 0.3) is 16.9 Å². The summed E-state index contributed by atoms with van der Waals surface area (Å²) in [6, 6.07) is 13.8. The van der Waals surface area contributed by atoms with Gasteiger partial charge in [-0.05, 0) is 52.3 Å². The maximum absolute atomic E-state index is 13.8. The van der Waals surface area contributed by atoms with Crippen molar-refractivity contribution < 1.29 is 13.5 Å². The molecule has 0 amide bonds. The zero-order valence-corrected chi connectivity index (χ0v) is 15.4. The Hall–Kier alpha value is -2.21. The van der Waals surface area contributed by atoms with Gasteiger partial charge in [0.05, 0.1) is 29.2 Å². The van der Waals surface area contributed by atoms with E-state index in [9.17, 15) is 8.78 Å². The molecule has 0 aliphatic rings. The zero-order valence-electron chi connectivity index (χ0n) is 13.8. The van der Waals surface area contributed by atoms with Gasteiger partial charge in [0.1, 0.15) is 5.75 Å². The molecule has 0 bridgehead atoms. The number of hydrogen-bond donors (Lipinski definition) is 0. The third-order valence-electron chi connectivity index (χ3n) is 4.07. The van der Waals surface area contributed by atoms with Crippen molar-refractivity contribution in [2.45, 2.75) is 19.3 Å². The first-order valence-electron chi connectivity index (χ1n) is 7.83. The van der Waals surface area contributed by atoms with Gasteiger partial charge in [0.2, 0.25) is 0 Å². The molecule has 0 spiro atoms. The Morgan fingerprint density at radius 2 is 1.72 bits per heavy atom. The van der Waals surface area contributed by atoms with Gasteiger partial charge in [-0.3, -0.25) is 0 Å². The highest BCUT2D eigenvalue weighted by atomic mass is 79.9. The number of methoxy groups -OCH3 is 1. The minimum absolute atomic E-state index is 0.0102. The minimum Gasteiger partial charge on any atom is -0.497 e. The van der Waals surface area contributed by atoms with Gasteiger partial charge in [-0.2, -0.15) is 5.10 Å². The topological polar surface area (TPSA) is 27.1 Å². The fraction of sp³-hybridized carbons (Fsp3) is 0.211. The third kappa shape index (κ3) is 3.44. The highest BCUT2D eigenvalue weighted by molar-refractivity contribution is 9.10. The van der Waals surface area contributed by atoms with Crippen LogP contribution in [0.15, 0.2) is 59.2 Å². The van der Waals surface area contributed by atoms with Gasteiger partial charge in [-0.15, -0.1) is 0 Å². The van der Waals surface area contributed by atoms with Crippen LogP contribution in [-0.4, -0.2) is 16.9 Å². The Morgan fingerprint density at radius 3 is 2.28 bits per heavy atom. The van der Waals surface area contributed by atoms with Crippen molar-refractivity contribution in [3.8, 4) is 22.7 Å². The molecule has 0 aliphatic carbocycles. The van der Waals surface area contributed by atoms with E-state index in [1.54, 1.807) is 30.1 Å².